The molecule has 1 atom stereocenters. The van der Waals surface area contributed by atoms with E-state index in [1.807, 2.05) is 49.4 Å². The summed E-state index contributed by atoms with van der Waals surface area (Å²) >= 11 is 0. The van der Waals surface area contributed by atoms with E-state index in [9.17, 15) is 13.2 Å². The van der Waals surface area contributed by atoms with E-state index in [0.717, 1.165) is 17.5 Å². The van der Waals surface area contributed by atoms with Crippen LogP contribution in [0.5, 0.6) is 0 Å². The molecule has 1 unspecified atom stereocenters. The van der Waals surface area contributed by atoms with E-state index in [4.69, 9.17) is 0 Å². The highest BCUT2D eigenvalue weighted by atomic mass is 32.2. The summed E-state index contributed by atoms with van der Waals surface area (Å²) in [5, 5.41) is 2.87. The van der Waals surface area contributed by atoms with Gasteiger partial charge in [-0.25, -0.2) is 13.1 Å². The van der Waals surface area contributed by atoms with Crippen LogP contribution in [0.4, 0.5) is 5.69 Å². The largest absolute Gasteiger partial charge is 0.326 e. The van der Waals surface area contributed by atoms with E-state index < -0.39 is 10.0 Å². The molecule has 3 aromatic carbocycles. The van der Waals surface area contributed by atoms with Gasteiger partial charge in [0, 0.05) is 12.2 Å². The van der Waals surface area contributed by atoms with Crippen LogP contribution in [0.15, 0.2) is 83.8 Å². The standard InChI is InChI=1S/C26H30N2O3S/c1-19(2)17-21-9-11-23(12-10-21)20(3)26(29)28-24-13-15-25(16-14-24)32(30,31)27-18-22-7-5-4-6-8-22/h4-16,19-20,27H,17-18H2,1-3H3,(H,28,29). The van der Waals surface area contributed by atoms with Gasteiger partial charge in [0.2, 0.25) is 15.9 Å². The number of hydrogen-bond acceptors (Lipinski definition) is 3. The topological polar surface area (TPSA) is 75.3 Å². The molecule has 1 amide bonds. The fourth-order valence-corrected chi connectivity index (χ4v) is 4.41. The maximum atomic E-state index is 12.7. The average molecular weight is 451 g/mol. The van der Waals surface area contributed by atoms with Crippen molar-refractivity contribution in [3.63, 3.8) is 0 Å². The molecule has 0 heterocycles. The Morgan fingerprint density at radius 2 is 1.44 bits per heavy atom. The molecule has 0 aliphatic heterocycles. The van der Waals surface area contributed by atoms with Gasteiger partial charge in [0.25, 0.3) is 0 Å². The first-order valence-corrected chi connectivity index (χ1v) is 12.3. The summed E-state index contributed by atoms with van der Waals surface area (Å²) in [7, 11) is -3.64. The van der Waals surface area contributed by atoms with Crippen LogP contribution >= 0.6 is 0 Å². The smallest absolute Gasteiger partial charge is 0.240 e. The summed E-state index contributed by atoms with van der Waals surface area (Å²) in [4.78, 5) is 12.8. The van der Waals surface area contributed by atoms with Gasteiger partial charge in [-0.3, -0.25) is 4.79 Å². The third-order valence-corrected chi connectivity index (χ3v) is 6.68. The minimum atomic E-state index is -3.64. The van der Waals surface area contributed by atoms with Gasteiger partial charge in [-0.15, -0.1) is 0 Å². The second-order valence-corrected chi connectivity index (χ2v) is 10.2. The Morgan fingerprint density at radius 3 is 2.03 bits per heavy atom. The summed E-state index contributed by atoms with van der Waals surface area (Å²) in [6.07, 6.45) is 1.01. The van der Waals surface area contributed by atoms with E-state index in [2.05, 4.69) is 36.0 Å². The van der Waals surface area contributed by atoms with Gasteiger partial charge in [-0.1, -0.05) is 68.4 Å². The molecule has 0 spiro atoms. The second kappa shape index (κ2) is 10.6. The zero-order valence-electron chi connectivity index (χ0n) is 18.7. The summed E-state index contributed by atoms with van der Waals surface area (Å²) < 4.78 is 27.6. The highest BCUT2D eigenvalue weighted by Gasteiger charge is 2.17. The summed E-state index contributed by atoms with van der Waals surface area (Å²) in [5.41, 5.74) is 3.64. The fraction of sp³-hybridized carbons (Fsp3) is 0.269. The molecule has 3 aromatic rings. The number of benzene rings is 3. The number of sulfonamides is 1. The van der Waals surface area contributed by atoms with Crippen LogP contribution in [0, 0.1) is 5.92 Å². The van der Waals surface area contributed by atoms with E-state index >= 15 is 0 Å². The zero-order chi connectivity index (χ0) is 23.1. The predicted octanol–water partition coefficient (Wildman–Crippen LogP) is 5.11. The molecule has 0 saturated carbocycles. The summed E-state index contributed by atoms with van der Waals surface area (Å²) in [6, 6.07) is 23.7. The van der Waals surface area contributed by atoms with Crippen LogP contribution in [-0.4, -0.2) is 14.3 Å². The number of carbonyl (C=O) groups excluding carboxylic acids is 1. The minimum absolute atomic E-state index is 0.139. The number of anilines is 1. The minimum Gasteiger partial charge on any atom is -0.326 e. The monoisotopic (exact) mass is 450 g/mol. The van der Waals surface area contributed by atoms with E-state index in [-0.39, 0.29) is 23.3 Å². The van der Waals surface area contributed by atoms with Gasteiger partial charge >= 0.3 is 0 Å². The fourth-order valence-electron chi connectivity index (χ4n) is 3.39. The number of nitrogens with one attached hydrogen (secondary N) is 2. The predicted molar refractivity (Wildman–Crippen MR) is 129 cm³/mol. The van der Waals surface area contributed by atoms with Gasteiger partial charge in [0.1, 0.15) is 0 Å². The van der Waals surface area contributed by atoms with E-state index in [0.29, 0.717) is 11.6 Å². The van der Waals surface area contributed by atoms with E-state index in [1.54, 1.807) is 12.1 Å². The summed E-state index contributed by atoms with van der Waals surface area (Å²) in [6.45, 7) is 6.44. The Morgan fingerprint density at radius 1 is 0.812 bits per heavy atom. The number of carbonyl (C=O) groups is 1. The van der Waals surface area contributed by atoms with Crippen LogP contribution in [0.25, 0.3) is 0 Å². The Labute approximate surface area is 190 Å². The number of hydrogen-bond donors (Lipinski definition) is 2. The lowest BCUT2D eigenvalue weighted by Crippen LogP contribution is -2.23. The molecule has 168 valence electrons. The van der Waals surface area contributed by atoms with Crippen molar-refractivity contribution in [1.82, 2.24) is 4.72 Å². The lowest BCUT2D eigenvalue weighted by Gasteiger charge is -2.14. The molecule has 0 aromatic heterocycles. The molecule has 0 radical (unpaired) electrons. The third-order valence-electron chi connectivity index (χ3n) is 5.26. The van der Waals surface area contributed by atoms with Crippen LogP contribution in [0.2, 0.25) is 0 Å². The van der Waals surface area contributed by atoms with Gasteiger partial charge in [-0.2, -0.15) is 0 Å². The van der Waals surface area contributed by atoms with Crippen molar-refractivity contribution < 1.29 is 13.2 Å². The Kier molecular flexibility index (Phi) is 7.83. The van der Waals surface area contributed by atoms with Crippen molar-refractivity contribution in [3.8, 4) is 0 Å². The number of rotatable bonds is 9. The molecule has 0 fully saturated rings. The third kappa shape index (κ3) is 6.52. The van der Waals surface area contributed by atoms with E-state index in [1.165, 1.54) is 17.7 Å². The highest BCUT2D eigenvalue weighted by molar-refractivity contribution is 7.89. The van der Waals surface area contributed by atoms with Crippen molar-refractivity contribution in [2.24, 2.45) is 5.92 Å². The first-order chi connectivity index (χ1) is 15.2. The first-order valence-electron chi connectivity index (χ1n) is 10.8. The molecular formula is C26H30N2O3S. The molecular weight excluding hydrogens is 420 g/mol. The molecule has 5 nitrogen and oxygen atoms in total. The first kappa shape index (κ1) is 23.7. The van der Waals surface area contributed by atoms with Crippen LogP contribution in [0.1, 0.15) is 43.4 Å². The molecule has 0 saturated heterocycles. The van der Waals surface area contributed by atoms with Gasteiger partial charge in [0.15, 0.2) is 0 Å². The lowest BCUT2D eigenvalue weighted by atomic mass is 9.96. The van der Waals surface area contributed by atoms with Crippen LogP contribution < -0.4 is 10.0 Å². The maximum Gasteiger partial charge on any atom is 0.240 e. The van der Waals surface area contributed by atoms with Crippen LogP contribution in [0.3, 0.4) is 0 Å². The highest BCUT2D eigenvalue weighted by Crippen LogP contribution is 2.21. The molecule has 0 aliphatic carbocycles. The van der Waals surface area contributed by atoms with Crippen molar-refractivity contribution in [2.45, 2.75) is 44.6 Å². The zero-order valence-corrected chi connectivity index (χ0v) is 19.5. The van der Waals surface area contributed by atoms with Crippen molar-refractivity contribution in [1.29, 1.82) is 0 Å². The Hall–Kier alpha value is -2.96. The second-order valence-electron chi connectivity index (χ2n) is 8.39. The normalized spacial score (nSPS) is 12.5. The Bertz CT molecular complexity index is 1120. The maximum absolute atomic E-state index is 12.7. The van der Waals surface area contributed by atoms with Crippen molar-refractivity contribution >= 4 is 21.6 Å². The van der Waals surface area contributed by atoms with Crippen molar-refractivity contribution in [3.05, 3.63) is 95.6 Å². The molecule has 6 heteroatoms. The molecule has 32 heavy (non-hydrogen) atoms. The number of amides is 1. The van der Waals surface area contributed by atoms with Crippen LogP contribution in [-0.2, 0) is 27.8 Å². The summed E-state index contributed by atoms with van der Waals surface area (Å²) in [5.74, 6) is 0.125. The average Bonchev–Trinajstić information content (AvgIpc) is 2.78. The molecule has 0 aliphatic rings. The quantitative estimate of drug-likeness (QED) is 0.476. The van der Waals surface area contributed by atoms with Gasteiger partial charge in [-0.05, 0) is 60.2 Å². The Balaban J connectivity index is 1.60. The van der Waals surface area contributed by atoms with Gasteiger partial charge in [0.05, 0.1) is 10.8 Å². The molecule has 3 rings (SSSR count). The lowest BCUT2D eigenvalue weighted by molar-refractivity contribution is -0.117. The molecule has 2 N–H and O–H groups in total. The SMILES string of the molecule is CC(C)Cc1ccc(C(C)C(=O)Nc2ccc(S(=O)(=O)NCc3ccccc3)cc2)cc1. The van der Waals surface area contributed by atoms with Gasteiger partial charge < -0.3 is 5.32 Å². The van der Waals surface area contributed by atoms with Crippen molar-refractivity contribution in [2.75, 3.05) is 5.32 Å². The molecule has 0 bridgehead atoms.